The SMILES string of the molecule is Cc1ccc2c(c1)C(=O)O[C@]2(Sc1ccc(Cl)cc1)c1ccc(Cl)cc1. The van der Waals surface area contributed by atoms with Gasteiger partial charge < -0.3 is 4.74 Å². The van der Waals surface area contributed by atoms with E-state index in [1.807, 2.05) is 61.5 Å². The van der Waals surface area contributed by atoms with Gasteiger partial charge in [-0.1, -0.05) is 64.8 Å². The fraction of sp³-hybridized carbons (Fsp3) is 0.0952. The number of halogens is 2. The topological polar surface area (TPSA) is 26.3 Å². The van der Waals surface area contributed by atoms with Crippen LogP contribution in [0.2, 0.25) is 10.0 Å². The van der Waals surface area contributed by atoms with Crippen LogP contribution in [0.5, 0.6) is 0 Å². The number of thioether (sulfide) groups is 1. The van der Waals surface area contributed by atoms with Gasteiger partial charge in [-0.25, -0.2) is 4.79 Å². The zero-order valence-corrected chi connectivity index (χ0v) is 16.2. The molecule has 0 N–H and O–H groups in total. The van der Waals surface area contributed by atoms with E-state index in [0.29, 0.717) is 15.6 Å². The Bertz CT molecular complexity index is 984. The molecule has 2 nitrogen and oxygen atoms in total. The van der Waals surface area contributed by atoms with E-state index in [1.54, 1.807) is 12.1 Å². The van der Waals surface area contributed by atoms with E-state index in [1.165, 1.54) is 11.8 Å². The second-order valence-corrected chi connectivity index (χ2v) is 8.24. The molecule has 0 aliphatic carbocycles. The molecular weight excluding hydrogens is 387 g/mol. The third-order valence-corrected chi connectivity index (χ3v) is 6.12. The zero-order valence-electron chi connectivity index (χ0n) is 13.8. The lowest BCUT2D eigenvalue weighted by atomic mass is 9.97. The molecule has 0 saturated heterocycles. The van der Waals surface area contributed by atoms with Crippen molar-refractivity contribution in [1.82, 2.24) is 0 Å². The minimum absolute atomic E-state index is 0.319. The molecule has 0 aromatic heterocycles. The number of cyclic esters (lactones) is 1. The number of esters is 1. The van der Waals surface area contributed by atoms with Crippen LogP contribution in [0.15, 0.2) is 71.6 Å². The molecule has 0 fully saturated rings. The Morgan fingerprint density at radius 2 is 1.50 bits per heavy atom. The molecule has 0 unspecified atom stereocenters. The van der Waals surface area contributed by atoms with Crippen LogP contribution in [-0.2, 0) is 9.67 Å². The van der Waals surface area contributed by atoms with Crippen LogP contribution in [0.3, 0.4) is 0 Å². The highest BCUT2D eigenvalue weighted by atomic mass is 35.5. The molecule has 26 heavy (non-hydrogen) atoms. The fourth-order valence-electron chi connectivity index (χ4n) is 3.04. The summed E-state index contributed by atoms with van der Waals surface area (Å²) in [7, 11) is 0. The second-order valence-electron chi connectivity index (χ2n) is 6.12. The van der Waals surface area contributed by atoms with E-state index < -0.39 is 4.93 Å². The molecule has 3 aromatic rings. The van der Waals surface area contributed by atoms with Crippen molar-refractivity contribution in [3.63, 3.8) is 0 Å². The van der Waals surface area contributed by atoms with Crippen molar-refractivity contribution in [2.45, 2.75) is 16.8 Å². The monoisotopic (exact) mass is 400 g/mol. The molecule has 5 heteroatoms. The molecule has 1 aliphatic rings. The van der Waals surface area contributed by atoms with Crippen LogP contribution in [0.25, 0.3) is 0 Å². The highest BCUT2D eigenvalue weighted by Gasteiger charge is 2.48. The predicted octanol–water partition coefficient (Wildman–Crippen LogP) is 6.47. The summed E-state index contributed by atoms with van der Waals surface area (Å²) in [5.74, 6) is -0.319. The van der Waals surface area contributed by atoms with Crippen LogP contribution in [0.4, 0.5) is 0 Å². The molecule has 0 saturated carbocycles. The van der Waals surface area contributed by atoms with E-state index in [0.717, 1.165) is 21.6 Å². The Morgan fingerprint density at radius 3 is 2.15 bits per heavy atom. The van der Waals surface area contributed by atoms with Crippen molar-refractivity contribution in [2.75, 3.05) is 0 Å². The fourth-order valence-corrected chi connectivity index (χ4v) is 4.56. The summed E-state index contributed by atoms with van der Waals surface area (Å²) < 4.78 is 5.98. The average Bonchev–Trinajstić information content (AvgIpc) is 2.90. The summed E-state index contributed by atoms with van der Waals surface area (Å²) in [5.41, 5.74) is 3.32. The Morgan fingerprint density at radius 1 is 0.885 bits per heavy atom. The highest BCUT2D eigenvalue weighted by molar-refractivity contribution is 8.00. The third kappa shape index (κ3) is 3.01. The molecule has 0 bridgehead atoms. The van der Waals surface area contributed by atoms with Gasteiger partial charge in [0.1, 0.15) is 0 Å². The number of aryl methyl sites for hydroxylation is 1. The predicted molar refractivity (Wildman–Crippen MR) is 106 cm³/mol. The van der Waals surface area contributed by atoms with Crippen molar-refractivity contribution in [1.29, 1.82) is 0 Å². The molecule has 4 rings (SSSR count). The first-order valence-corrected chi connectivity index (χ1v) is 9.60. The largest absolute Gasteiger partial charge is 0.435 e. The van der Waals surface area contributed by atoms with Gasteiger partial charge in [-0.3, -0.25) is 0 Å². The minimum atomic E-state index is -0.960. The standard InChI is InChI=1S/C21H14Cl2O2S/c1-13-2-11-19-18(12-13)20(24)25-21(19,14-3-5-15(22)6-4-14)26-17-9-7-16(23)8-10-17/h2-12H,1H3/t21-/m0/s1. The lowest BCUT2D eigenvalue weighted by Gasteiger charge is -2.29. The minimum Gasteiger partial charge on any atom is -0.435 e. The van der Waals surface area contributed by atoms with Gasteiger partial charge >= 0.3 is 5.97 Å². The quantitative estimate of drug-likeness (QED) is 0.471. The van der Waals surface area contributed by atoms with Crippen LogP contribution < -0.4 is 0 Å². The van der Waals surface area contributed by atoms with Crippen LogP contribution in [0.1, 0.15) is 27.0 Å². The maximum Gasteiger partial charge on any atom is 0.340 e. The number of carbonyl (C=O) groups is 1. The third-order valence-electron chi connectivity index (χ3n) is 4.29. The number of hydrogen-bond donors (Lipinski definition) is 0. The van der Waals surface area contributed by atoms with Gasteiger partial charge in [-0.2, -0.15) is 0 Å². The maximum absolute atomic E-state index is 12.6. The van der Waals surface area contributed by atoms with Gasteiger partial charge in [-0.15, -0.1) is 0 Å². The molecule has 0 spiro atoms. The summed E-state index contributed by atoms with van der Waals surface area (Å²) in [4.78, 5) is 12.6. The van der Waals surface area contributed by atoms with Crippen molar-refractivity contribution >= 4 is 40.9 Å². The normalized spacial score (nSPS) is 18.5. The van der Waals surface area contributed by atoms with E-state index in [9.17, 15) is 4.79 Å². The van der Waals surface area contributed by atoms with Gasteiger partial charge in [0.25, 0.3) is 0 Å². The van der Waals surface area contributed by atoms with Crippen molar-refractivity contribution in [3.05, 3.63) is 99.0 Å². The molecule has 1 aliphatic heterocycles. The summed E-state index contributed by atoms with van der Waals surface area (Å²) in [6.07, 6.45) is 0. The molecule has 1 heterocycles. The van der Waals surface area contributed by atoms with Crippen LogP contribution in [-0.4, -0.2) is 5.97 Å². The smallest absolute Gasteiger partial charge is 0.340 e. The first-order valence-electron chi connectivity index (χ1n) is 8.03. The maximum atomic E-state index is 12.6. The number of rotatable bonds is 3. The number of benzene rings is 3. The van der Waals surface area contributed by atoms with Gasteiger partial charge in [0.15, 0.2) is 0 Å². The van der Waals surface area contributed by atoms with Crippen molar-refractivity contribution < 1.29 is 9.53 Å². The van der Waals surface area contributed by atoms with Crippen LogP contribution >= 0.6 is 35.0 Å². The number of hydrogen-bond acceptors (Lipinski definition) is 3. The highest BCUT2D eigenvalue weighted by Crippen LogP contribution is 2.53. The second kappa shape index (κ2) is 6.66. The van der Waals surface area contributed by atoms with Gasteiger partial charge in [-0.05, 0) is 49.4 Å². The number of carbonyl (C=O) groups excluding carboxylic acids is 1. The van der Waals surface area contributed by atoms with Gasteiger partial charge in [0, 0.05) is 26.1 Å². The van der Waals surface area contributed by atoms with Gasteiger partial charge in [0.05, 0.1) is 5.56 Å². The number of fused-ring (bicyclic) bond motifs is 1. The van der Waals surface area contributed by atoms with E-state index in [-0.39, 0.29) is 5.97 Å². The molecule has 3 aromatic carbocycles. The van der Waals surface area contributed by atoms with E-state index in [2.05, 4.69) is 0 Å². The summed E-state index contributed by atoms with van der Waals surface area (Å²) in [6, 6.07) is 20.7. The molecule has 1 atom stereocenters. The summed E-state index contributed by atoms with van der Waals surface area (Å²) >= 11 is 13.5. The lowest BCUT2D eigenvalue weighted by Crippen LogP contribution is -2.23. The molecule has 130 valence electrons. The molecule has 0 amide bonds. The number of ether oxygens (including phenoxy) is 1. The Labute approximate surface area is 166 Å². The van der Waals surface area contributed by atoms with E-state index in [4.69, 9.17) is 27.9 Å². The lowest BCUT2D eigenvalue weighted by molar-refractivity contribution is 0.0384. The van der Waals surface area contributed by atoms with Gasteiger partial charge in [0.2, 0.25) is 4.93 Å². The van der Waals surface area contributed by atoms with Crippen LogP contribution in [0, 0.1) is 6.92 Å². The van der Waals surface area contributed by atoms with E-state index >= 15 is 0 Å². The zero-order chi connectivity index (χ0) is 18.3. The first kappa shape index (κ1) is 17.5. The summed E-state index contributed by atoms with van der Waals surface area (Å²) in [6.45, 7) is 1.96. The molecular formula is C21H14Cl2O2S. The average molecular weight is 401 g/mol. The van der Waals surface area contributed by atoms with Crippen molar-refractivity contribution in [3.8, 4) is 0 Å². The Hall–Kier alpha value is -1.94. The first-order chi connectivity index (χ1) is 12.5. The summed E-state index contributed by atoms with van der Waals surface area (Å²) in [5, 5.41) is 1.29. The molecule has 0 radical (unpaired) electrons. The Balaban J connectivity index is 1.90. The van der Waals surface area contributed by atoms with Crippen molar-refractivity contribution in [2.24, 2.45) is 0 Å². The Kier molecular flexibility index (Phi) is 4.47.